The first kappa shape index (κ1) is 17.2. The summed E-state index contributed by atoms with van der Waals surface area (Å²) in [4.78, 5) is 7.56. The van der Waals surface area contributed by atoms with Crippen molar-refractivity contribution in [3.8, 4) is 0 Å². The molecule has 3 nitrogen and oxygen atoms in total. The van der Waals surface area contributed by atoms with Gasteiger partial charge in [0.05, 0.1) is 0 Å². The summed E-state index contributed by atoms with van der Waals surface area (Å²) in [6, 6.07) is 0.580. The summed E-state index contributed by atoms with van der Waals surface area (Å²) < 4.78 is 0. The van der Waals surface area contributed by atoms with E-state index in [0.29, 0.717) is 6.04 Å². The van der Waals surface area contributed by atoms with Crippen molar-refractivity contribution >= 4 is 0 Å². The van der Waals surface area contributed by atoms with Crippen molar-refractivity contribution in [2.24, 2.45) is 0 Å². The third-order valence-electron chi connectivity index (χ3n) is 3.83. The molecular formula is C17H33N3. The Kier molecular flexibility index (Phi) is 10.3. The summed E-state index contributed by atoms with van der Waals surface area (Å²) in [6.07, 6.45) is 17.0. The number of aromatic amines is 1. The zero-order valence-corrected chi connectivity index (χ0v) is 13.5. The number of imidazole rings is 1. The largest absolute Gasteiger partial charge is 0.349 e. The topological polar surface area (TPSA) is 40.7 Å². The molecule has 1 aromatic heterocycles. The van der Waals surface area contributed by atoms with Gasteiger partial charge in [0.1, 0.15) is 5.82 Å². The average molecular weight is 279 g/mol. The van der Waals surface area contributed by atoms with Crippen molar-refractivity contribution in [1.82, 2.24) is 15.3 Å². The molecule has 2 N–H and O–H groups in total. The van der Waals surface area contributed by atoms with E-state index in [1.165, 1.54) is 57.8 Å². The van der Waals surface area contributed by atoms with Crippen LogP contribution in [-0.2, 0) is 6.42 Å². The molecule has 1 rings (SSSR count). The average Bonchev–Trinajstić information content (AvgIpc) is 2.96. The number of rotatable bonds is 13. The second-order valence-electron chi connectivity index (χ2n) is 5.80. The van der Waals surface area contributed by atoms with Gasteiger partial charge in [-0.05, 0) is 19.4 Å². The minimum absolute atomic E-state index is 0.580. The van der Waals surface area contributed by atoms with E-state index in [1.807, 2.05) is 12.4 Å². The Bertz CT molecular complexity index is 295. The van der Waals surface area contributed by atoms with E-state index in [4.69, 9.17) is 0 Å². The molecule has 0 saturated heterocycles. The van der Waals surface area contributed by atoms with Gasteiger partial charge in [-0.3, -0.25) is 0 Å². The van der Waals surface area contributed by atoms with Gasteiger partial charge >= 0.3 is 0 Å². The van der Waals surface area contributed by atoms with E-state index >= 15 is 0 Å². The third-order valence-corrected chi connectivity index (χ3v) is 3.83. The third kappa shape index (κ3) is 8.36. The maximum atomic E-state index is 4.35. The molecule has 0 bridgehead atoms. The molecule has 0 amide bonds. The van der Waals surface area contributed by atoms with Gasteiger partial charge in [-0.15, -0.1) is 0 Å². The Balaban J connectivity index is 2.13. The molecule has 116 valence electrons. The van der Waals surface area contributed by atoms with Crippen LogP contribution < -0.4 is 5.32 Å². The highest BCUT2D eigenvalue weighted by atomic mass is 14.9. The standard InChI is InChI=1S/C17H33N3/c1-3-5-6-7-8-9-10-11-16(18-12-4-2)15-17-19-13-14-20-17/h13-14,16,18H,3-12,15H2,1-2H3,(H,19,20). The van der Waals surface area contributed by atoms with Crippen LogP contribution in [0.1, 0.15) is 77.5 Å². The van der Waals surface area contributed by atoms with Crippen molar-refractivity contribution in [2.75, 3.05) is 6.54 Å². The van der Waals surface area contributed by atoms with Gasteiger partial charge in [0.15, 0.2) is 0 Å². The van der Waals surface area contributed by atoms with Crippen LogP contribution in [0, 0.1) is 0 Å². The minimum atomic E-state index is 0.580. The maximum absolute atomic E-state index is 4.35. The zero-order chi connectivity index (χ0) is 14.5. The summed E-state index contributed by atoms with van der Waals surface area (Å²) in [5.41, 5.74) is 0. The quantitative estimate of drug-likeness (QED) is 0.523. The Labute approximate surface area is 125 Å². The van der Waals surface area contributed by atoms with Crippen LogP contribution in [0.25, 0.3) is 0 Å². The Hall–Kier alpha value is -0.830. The fourth-order valence-corrected chi connectivity index (χ4v) is 2.62. The minimum Gasteiger partial charge on any atom is -0.349 e. The van der Waals surface area contributed by atoms with E-state index in [1.54, 1.807) is 0 Å². The second kappa shape index (κ2) is 12.0. The van der Waals surface area contributed by atoms with Gasteiger partial charge in [-0.25, -0.2) is 4.98 Å². The molecule has 0 aromatic carbocycles. The van der Waals surface area contributed by atoms with Crippen molar-refractivity contribution in [1.29, 1.82) is 0 Å². The second-order valence-corrected chi connectivity index (χ2v) is 5.80. The molecule has 0 aliphatic heterocycles. The van der Waals surface area contributed by atoms with Gasteiger partial charge < -0.3 is 10.3 Å². The lowest BCUT2D eigenvalue weighted by atomic mass is 10.0. The van der Waals surface area contributed by atoms with Gasteiger partial charge in [-0.1, -0.05) is 58.8 Å². The molecule has 0 fully saturated rings. The number of nitrogens with one attached hydrogen (secondary N) is 2. The normalized spacial score (nSPS) is 12.7. The molecule has 3 heteroatoms. The zero-order valence-electron chi connectivity index (χ0n) is 13.5. The molecule has 0 saturated carbocycles. The fourth-order valence-electron chi connectivity index (χ4n) is 2.62. The lowest BCUT2D eigenvalue weighted by Gasteiger charge is -2.17. The summed E-state index contributed by atoms with van der Waals surface area (Å²) >= 11 is 0. The van der Waals surface area contributed by atoms with Crippen LogP contribution in [0.4, 0.5) is 0 Å². The summed E-state index contributed by atoms with van der Waals surface area (Å²) in [5.74, 6) is 1.11. The highest BCUT2D eigenvalue weighted by Crippen LogP contribution is 2.11. The number of unbranched alkanes of at least 4 members (excludes halogenated alkanes) is 6. The molecule has 0 aliphatic rings. The highest BCUT2D eigenvalue weighted by Gasteiger charge is 2.09. The lowest BCUT2D eigenvalue weighted by Crippen LogP contribution is -2.32. The number of hydrogen-bond donors (Lipinski definition) is 2. The maximum Gasteiger partial charge on any atom is 0.107 e. The van der Waals surface area contributed by atoms with Crippen LogP contribution in [0.2, 0.25) is 0 Å². The number of H-pyrrole nitrogens is 1. The lowest BCUT2D eigenvalue weighted by molar-refractivity contribution is 0.444. The van der Waals surface area contributed by atoms with Crippen LogP contribution in [0.5, 0.6) is 0 Å². The molecule has 1 heterocycles. The van der Waals surface area contributed by atoms with E-state index in [2.05, 4.69) is 29.1 Å². The van der Waals surface area contributed by atoms with Gasteiger partial charge in [0, 0.05) is 24.9 Å². The first-order valence-corrected chi connectivity index (χ1v) is 8.58. The van der Waals surface area contributed by atoms with Crippen molar-refractivity contribution in [3.05, 3.63) is 18.2 Å². The number of hydrogen-bond acceptors (Lipinski definition) is 2. The monoisotopic (exact) mass is 279 g/mol. The fraction of sp³-hybridized carbons (Fsp3) is 0.824. The Morgan fingerprint density at radius 2 is 1.80 bits per heavy atom. The first-order valence-electron chi connectivity index (χ1n) is 8.58. The van der Waals surface area contributed by atoms with Gasteiger partial charge in [-0.2, -0.15) is 0 Å². The van der Waals surface area contributed by atoms with Gasteiger partial charge in [0.2, 0.25) is 0 Å². The molecule has 0 aliphatic carbocycles. The first-order chi connectivity index (χ1) is 9.86. The summed E-state index contributed by atoms with van der Waals surface area (Å²) in [7, 11) is 0. The van der Waals surface area contributed by atoms with Crippen LogP contribution in [0.3, 0.4) is 0 Å². The highest BCUT2D eigenvalue weighted by molar-refractivity contribution is 4.91. The molecule has 0 radical (unpaired) electrons. The van der Waals surface area contributed by atoms with Crippen LogP contribution in [-0.4, -0.2) is 22.6 Å². The number of nitrogens with zero attached hydrogens (tertiary/aromatic N) is 1. The van der Waals surface area contributed by atoms with Crippen LogP contribution >= 0.6 is 0 Å². The van der Waals surface area contributed by atoms with E-state index in [-0.39, 0.29) is 0 Å². The van der Waals surface area contributed by atoms with E-state index in [9.17, 15) is 0 Å². The molecule has 1 unspecified atom stereocenters. The molecule has 0 spiro atoms. The van der Waals surface area contributed by atoms with E-state index in [0.717, 1.165) is 18.8 Å². The molecule has 1 aromatic rings. The SMILES string of the molecule is CCCCCCCCCC(Cc1ncc[nH]1)NCCC. The summed E-state index contributed by atoms with van der Waals surface area (Å²) in [6.45, 7) is 5.62. The Morgan fingerprint density at radius 3 is 2.45 bits per heavy atom. The molecular weight excluding hydrogens is 246 g/mol. The molecule has 1 atom stereocenters. The summed E-state index contributed by atoms with van der Waals surface area (Å²) in [5, 5.41) is 3.66. The predicted octanol–water partition coefficient (Wildman–Crippen LogP) is 4.46. The Morgan fingerprint density at radius 1 is 1.05 bits per heavy atom. The van der Waals surface area contributed by atoms with Crippen molar-refractivity contribution < 1.29 is 0 Å². The molecule has 20 heavy (non-hydrogen) atoms. The van der Waals surface area contributed by atoms with Crippen molar-refractivity contribution in [2.45, 2.75) is 84.1 Å². The van der Waals surface area contributed by atoms with Gasteiger partial charge in [0.25, 0.3) is 0 Å². The predicted molar refractivity (Wildman–Crippen MR) is 87.0 cm³/mol. The number of aromatic nitrogens is 2. The van der Waals surface area contributed by atoms with E-state index < -0.39 is 0 Å². The van der Waals surface area contributed by atoms with Crippen molar-refractivity contribution in [3.63, 3.8) is 0 Å². The smallest absolute Gasteiger partial charge is 0.107 e. The van der Waals surface area contributed by atoms with Crippen LogP contribution in [0.15, 0.2) is 12.4 Å².